The number of aromatic nitrogens is 3. The molecule has 1 N–H and O–H groups in total. The number of hydrogen-bond donors (Lipinski definition) is 1. The molecule has 0 atom stereocenters. The van der Waals surface area contributed by atoms with Crippen molar-refractivity contribution in [1.29, 1.82) is 0 Å². The lowest BCUT2D eigenvalue weighted by molar-refractivity contribution is 0.0860. The van der Waals surface area contributed by atoms with Gasteiger partial charge in [0.1, 0.15) is 11.3 Å². The second-order valence-corrected chi connectivity index (χ2v) is 7.26. The van der Waals surface area contributed by atoms with Crippen LogP contribution in [0.15, 0.2) is 12.4 Å². The van der Waals surface area contributed by atoms with Gasteiger partial charge in [0.25, 0.3) is 0 Å². The Kier molecular flexibility index (Phi) is 3.67. The highest BCUT2D eigenvalue weighted by Crippen LogP contribution is 2.29. The second kappa shape index (κ2) is 5.38. The third-order valence-corrected chi connectivity index (χ3v) is 4.53. The molecule has 22 heavy (non-hydrogen) atoms. The summed E-state index contributed by atoms with van der Waals surface area (Å²) in [5.41, 5.74) is 1.57. The summed E-state index contributed by atoms with van der Waals surface area (Å²) < 4.78 is 0. The van der Waals surface area contributed by atoms with Crippen molar-refractivity contribution < 1.29 is 4.79 Å². The highest BCUT2D eigenvalue weighted by Gasteiger charge is 2.27. The van der Waals surface area contributed by atoms with Crippen molar-refractivity contribution in [2.45, 2.75) is 52.5 Å². The van der Waals surface area contributed by atoms with Crippen LogP contribution in [0.4, 0.5) is 5.82 Å². The molecule has 5 heteroatoms. The fourth-order valence-corrected chi connectivity index (χ4v) is 3.11. The highest BCUT2D eigenvalue weighted by molar-refractivity contribution is 6.08. The predicted molar refractivity (Wildman–Crippen MR) is 88.3 cm³/mol. The van der Waals surface area contributed by atoms with Gasteiger partial charge in [0.15, 0.2) is 11.4 Å². The number of aromatic amines is 1. The second-order valence-electron chi connectivity index (χ2n) is 7.26. The quantitative estimate of drug-likeness (QED) is 0.880. The van der Waals surface area contributed by atoms with E-state index in [2.05, 4.69) is 21.9 Å². The number of anilines is 1. The molecule has 0 spiro atoms. The van der Waals surface area contributed by atoms with Gasteiger partial charge in [0.05, 0.1) is 11.8 Å². The average molecular weight is 300 g/mol. The van der Waals surface area contributed by atoms with Crippen molar-refractivity contribution >= 4 is 22.8 Å². The first-order valence-electron chi connectivity index (χ1n) is 7.99. The molecule has 0 unspecified atom stereocenters. The van der Waals surface area contributed by atoms with Crippen LogP contribution in [0.3, 0.4) is 0 Å². The van der Waals surface area contributed by atoms with Crippen molar-refractivity contribution in [3.05, 3.63) is 18.0 Å². The summed E-state index contributed by atoms with van der Waals surface area (Å²) in [5, 5.41) is 0. The van der Waals surface area contributed by atoms with Crippen molar-refractivity contribution in [3.63, 3.8) is 0 Å². The number of rotatable bonds is 3. The van der Waals surface area contributed by atoms with Crippen LogP contribution >= 0.6 is 0 Å². The Morgan fingerprint density at radius 3 is 2.64 bits per heavy atom. The Labute approximate surface area is 131 Å². The zero-order chi connectivity index (χ0) is 15.9. The van der Waals surface area contributed by atoms with Gasteiger partial charge in [-0.1, -0.05) is 33.6 Å². The lowest BCUT2D eigenvalue weighted by atomic mass is 9.87. The standard InChI is InChI=1S/C17H24N4O/c1-17(2,3)15(22)12-9-18-16-14(12)20-13(10-19-16)21(4)11-7-5-6-8-11/h9-11H,5-8H2,1-4H3,(H,18,19). The molecule has 1 saturated carbocycles. The molecule has 2 heterocycles. The van der Waals surface area contributed by atoms with Gasteiger partial charge < -0.3 is 9.88 Å². The lowest BCUT2D eigenvalue weighted by Crippen LogP contribution is -2.29. The van der Waals surface area contributed by atoms with Crippen LogP contribution in [-0.2, 0) is 0 Å². The van der Waals surface area contributed by atoms with E-state index >= 15 is 0 Å². The molecule has 3 rings (SSSR count). The largest absolute Gasteiger partial charge is 0.355 e. The van der Waals surface area contributed by atoms with E-state index in [-0.39, 0.29) is 5.78 Å². The summed E-state index contributed by atoms with van der Waals surface area (Å²) in [4.78, 5) is 27.0. The minimum atomic E-state index is -0.426. The third kappa shape index (κ3) is 2.60. The molecule has 2 aromatic rings. The van der Waals surface area contributed by atoms with Crippen molar-refractivity contribution in [2.24, 2.45) is 5.41 Å². The van der Waals surface area contributed by atoms with E-state index in [1.165, 1.54) is 25.7 Å². The van der Waals surface area contributed by atoms with Crippen LogP contribution in [0.5, 0.6) is 0 Å². The topological polar surface area (TPSA) is 61.9 Å². The first-order chi connectivity index (χ1) is 10.4. The molecule has 0 aliphatic heterocycles. The van der Waals surface area contributed by atoms with E-state index in [0.29, 0.717) is 22.8 Å². The minimum absolute atomic E-state index is 0.0914. The molecule has 0 radical (unpaired) electrons. The number of hydrogen-bond acceptors (Lipinski definition) is 4. The molecule has 1 aliphatic rings. The smallest absolute Gasteiger partial charge is 0.171 e. The summed E-state index contributed by atoms with van der Waals surface area (Å²) in [6.07, 6.45) is 8.50. The Morgan fingerprint density at radius 1 is 1.32 bits per heavy atom. The van der Waals surface area contributed by atoms with E-state index in [1.54, 1.807) is 12.4 Å². The van der Waals surface area contributed by atoms with Gasteiger partial charge in [-0.3, -0.25) is 4.79 Å². The van der Waals surface area contributed by atoms with Crippen LogP contribution < -0.4 is 4.90 Å². The zero-order valence-electron chi connectivity index (χ0n) is 13.8. The SMILES string of the molecule is CN(c1cnc2[nH]cc(C(=O)C(C)(C)C)c2n1)C1CCCC1. The summed E-state index contributed by atoms with van der Waals surface area (Å²) >= 11 is 0. The molecular formula is C17H24N4O. The number of ketones is 1. The molecule has 0 saturated heterocycles. The van der Waals surface area contributed by atoms with E-state index in [1.807, 2.05) is 20.8 Å². The Morgan fingerprint density at radius 2 is 2.00 bits per heavy atom. The molecule has 5 nitrogen and oxygen atoms in total. The van der Waals surface area contributed by atoms with Crippen molar-refractivity contribution in [2.75, 3.05) is 11.9 Å². The van der Waals surface area contributed by atoms with Crippen LogP contribution in [0.25, 0.3) is 11.2 Å². The number of nitrogens with zero attached hydrogens (tertiary/aromatic N) is 3. The molecule has 1 aliphatic carbocycles. The lowest BCUT2D eigenvalue weighted by Gasteiger charge is -2.25. The fourth-order valence-electron chi connectivity index (χ4n) is 3.11. The summed E-state index contributed by atoms with van der Waals surface area (Å²) in [6.45, 7) is 5.78. The molecule has 0 bridgehead atoms. The summed E-state index contributed by atoms with van der Waals surface area (Å²) in [7, 11) is 2.07. The number of H-pyrrole nitrogens is 1. The first kappa shape index (κ1) is 15.0. The van der Waals surface area contributed by atoms with Crippen LogP contribution in [0.1, 0.15) is 56.8 Å². The van der Waals surface area contributed by atoms with Crippen molar-refractivity contribution in [3.8, 4) is 0 Å². The van der Waals surface area contributed by atoms with Gasteiger partial charge in [-0.05, 0) is 12.8 Å². The van der Waals surface area contributed by atoms with E-state index < -0.39 is 5.41 Å². The van der Waals surface area contributed by atoms with Crippen LogP contribution in [-0.4, -0.2) is 33.8 Å². The molecule has 118 valence electrons. The normalized spacial score (nSPS) is 16.4. The maximum atomic E-state index is 12.6. The van der Waals surface area contributed by atoms with Crippen LogP contribution in [0.2, 0.25) is 0 Å². The van der Waals surface area contributed by atoms with E-state index in [4.69, 9.17) is 4.98 Å². The van der Waals surface area contributed by atoms with Crippen molar-refractivity contribution in [1.82, 2.24) is 15.0 Å². The zero-order valence-corrected chi connectivity index (χ0v) is 13.8. The number of nitrogens with one attached hydrogen (secondary N) is 1. The van der Waals surface area contributed by atoms with Gasteiger partial charge in [-0.25, -0.2) is 9.97 Å². The number of carbonyl (C=O) groups excluding carboxylic acids is 1. The third-order valence-electron chi connectivity index (χ3n) is 4.53. The number of carbonyl (C=O) groups is 1. The minimum Gasteiger partial charge on any atom is -0.355 e. The summed E-state index contributed by atoms with van der Waals surface area (Å²) in [6, 6.07) is 0.535. The molecule has 0 amide bonds. The first-order valence-corrected chi connectivity index (χ1v) is 7.99. The maximum Gasteiger partial charge on any atom is 0.171 e. The Bertz CT molecular complexity index is 692. The van der Waals surface area contributed by atoms with Gasteiger partial charge in [-0.15, -0.1) is 0 Å². The number of Topliss-reactive ketones (excluding diaryl/α,β-unsaturated/α-hetero) is 1. The molecule has 0 aromatic carbocycles. The van der Waals surface area contributed by atoms with Crippen LogP contribution in [0, 0.1) is 5.41 Å². The monoisotopic (exact) mass is 300 g/mol. The molecule has 2 aromatic heterocycles. The van der Waals surface area contributed by atoms with E-state index in [0.717, 1.165) is 5.82 Å². The Balaban J connectivity index is 1.99. The van der Waals surface area contributed by atoms with Gasteiger partial charge >= 0.3 is 0 Å². The average Bonchev–Trinajstić information content (AvgIpc) is 3.13. The Hall–Kier alpha value is -1.91. The van der Waals surface area contributed by atoms with Gasteiger partial charge in [0.2, 0.25) is 0 Å². The van der Waals surface area contributed by atoms with Gasteiger partial charge in [0, 0.05) is 24.7 Å². The highest BCUT2D eigenvalue weighted by atomic mass is 16.1. The van der Waals surface area contributed by atoms with E-state index in [9.17, 15) is 4.79 Å². The summed E-state index contributed by atoms with van der Waals surface area (Å²) in [5.74, 6) is 0.940. The maximum absolute atomic E-state index is 12.6. The van der Waals surface area contributed by atoms with Gasteiger partial charge in [-0.2, -0.15) is 0 Å². The predicted octanol–water partition coefficient (Wildman–Crippen LogP) is 3.57. The number of fused-ring (bicyclic) bond motifs is 1. The fraction of sp³-hybridized carbons (Fsp3) is 0.588. The molecular weight excluding hydrogens is 276 g/mol. The molecule has 1 fully saturated rings.